The van der Waals surface area contributed by atoms with Crippen molar-refractivity contribution in [3.63, 3.8) is 0 Å². The molecule has 1 aromatic carbocycles. The summed E-state index contributed by atoms with van der Waals surface area (Å²) in [5.74, 6) is -0.319. The number of H-pyrrole nitrogens is 1. The van der Waals surface area contributed by atoms with Crippen molar-refractivity contribution < 1.29 is 9.59 Å². The Morgan fingerprint density at radius 3 is 2.36 bits per heavy atom. The molecule has 1 aromatic heterocycles. The zero-order chi connectivity index (χ0) is 16.3. The number of rotatable bonds is 4. The van der Waals surface area contributed by atoms with Crippen LogP contribution in [0.15, 0.2) is 30.3 Å². The van der Waals surface area contributed by atoms with Crippen molar-refractivity contribution in [2.24, 2.45) is 5.73 Å². The van der Waals surface area contributed by atoms with Crippen LogP contribution in [0, 0.1) is 0 Å². The van der Waals surface area contributed by atoms with Gasteiger partial charge in [0.2, 0.25) is 0 Å². The number of carbonyl (C=O) groups excluding carboxylic acids is 2. The fourth-order valence-corrected chi connectivity index (χ4v) is 2.19. The van der Waals surface area contributed by atoms with Crippen molar-refractivity contribution in [1.82, 2.24) is 10.3 Å². The number of hydrogen-bond donors (Lipinski definition) is 4. The molecule has 22 heavy (non-hydrogen) atoms. The summed E-state index contributed by atoms with van der Waals surface area (Å²) >= 11 is 11.6. The minimum atomic E-state index is -0.630. The lowest BCUT2D eigenvalue weighted by atomic mass is 10.1. The predicted octanol–water partition coefficient (Wildman–Crippen LogP) is 3.30. The zero-order valence-electron chi connectivity index (χ0n) is 11.6. The quantitative estimate of drug-likeness (QED) is 0.686. The maximum Gasteiger partial charge on any atom is 0.316 e. The lowest BCUT2D eigenvalue weighted by molar-refractivity contribution is 0.0935. The molecule has 0 saturated heterocycles. The maximum atomic E-state index is 12.1. The van der Waals surface area contributed by atoms with E-state index in [-0.39, 0.29) is 22.8 Å². The molecule has 1 heterocycles. The molecule has 5 N–H and O–H groups in total. The van der Waals surface area contributed by atoms with Gasteiger partial charge in [0.05, 0.1) is 11.1 Å². The number of amides is 3. The number of aromatic amines is 1. The van der Waals surface area contributed by atoms with Gasteiger partial charge in [0.1, 0.15) is 10.8 Å². The SMILES string of the molecule is CC(NC(=O)c1cc(Cl)c(Cl)[nH]1)c1ccc(NC(N)=O)cc1. The molecule has 1 atom stereocenters. The van der Waals surface area contributed by atoms with Crippen LogP contribution in [-0.4, -0.2) is 16.9 Å². The molecule has 0 spiro atoms. The zero-order valence-corrected chi connectivity index (χ0v) is 13.1. The Balaban J connectivity index is 2.03. The van der Waals surface area contributed by atoms with Crippen LogP contribution in [0.2, 0.25) is 10.2 Å². The van der Waals surface area contributed by atoms with E-state index in [1.807, 2.05) is 6.92 Å². The molecule has 2 aromatic rings. The Hall–Kier alpha value is -2.18. The minimum absolute atomic E-state index is 0.223. The lowest BCUT2D eigenvalue weighted by Gasteiger charge is -2.14. The molecule has 2 rings (SSSR count). The maximum absolute atomic E-state index is 12.1. The van der Waals surface area contributed by atoms with E-state index in [1.165, 1.54) is 6.07 Å². The third-order valence-corrected chi connectivity index (χ3v) is 3.69. The van der Waals surface area contributed by atoms with Crippen LogP contribution < -0.4 is 16.4 Å². The van der Waals surface area contributed by atoms with Crippen molar-refractivity contribution in [3.8, 4) is 0 Å². The van der Waals surface area contributed by atoms with Gasteiger partial charge in [0, 0.05) is 5.69 Å². The summed E-state index contributed by atoms with van der Waals surface area (Å²) in [6, 6.07) is 7.56. The summed E-state index contributed by atoms with van der Waals surface area (Å²) in [6.45, 7) is 1.83. The number of carbonyl (C=O) groups is 2. The number of urea groups is 1. The van der Waals surface area contributed by atoms with E-state index in [2.05, 4.69) is 15.6 Å². The van der Waals surface area contributed by atoms with Crippen LogP contribution in [0.5, 0.6) is 0 Å². The normalized spacial score (nSPS) is 11.8. The number of anilines is 1. The number of primary amides is 1. The van der Waals surface area contributed by atoms with Crippen LogP contribution in [0.4, 0.5) is 10.5 Å². The Labute approximate surface area is 137 Å². The molecule has 0 saturated carbocycles. The summed E-state index contributed by atoms with van der Waals surface area (Å²) < 4.78 is 0. The number of nitrogens with one attached hydrogen (secondary N) is 3. The molecule has 0 bridgehead atoms. The first-order valence-corrected chi connectivity index (χ1v) is 7.13. The van der Waals surface area contributed by atoms with Crippen molar-refractivity contribution in [2.75, 3.05) is 5.32 Å². The highest BCUT2D eigenvalue weighted by molar-refractivity contribution is 6.41. The second-order valence-corrected chi connectivity index (χ2v) is 5.44. The van der Waals surface area contributed by atoms with Gasteiger partial charge >= 0.3 is 6.03 Å². The highest BCUT2D eigenvalue weighted by Crippen LogP contribution is 2.22. The van der Waals surface area contributed by atoms with Crippen LogP contribution in [0.1, 0.15) is 29.0 Å². The first kappa shape index (κ1) is 16.2. The number of aromatic nitrogens is 1. The first-order chi connectivity index (χ1) is 10.4. The van der Waals surface area contributed by atoms with Gasteiger partial charge in [0.25, 0.3) is 5.91 Å². The summed E-state index contributed by atoms with van der Waals surface area (Å²) in [6.07, 6.45) is 0. The molecule has 0 aliphatic rings. The Kier molecular flexibility index (Phi) is 4.95. The number of halogens is 2. The van der Waals surface area contributed by atoms with Crippen LogP contribution in [0.25, 0.3) is 0 Å². The van der Waals surface area contributed by atoms with Gasteiger partial charge in [0.15, 0.2) is 0 Å². The van der Waals surface area contributed by atoms with Crippen molar-refractivity contribution >= 4 is 40.8 Å². The third kappa shape index (κ3) is 3.93. The lowest BCUT2D eigenvalue weighted by Crippen LogP contribution is -2.27. The van der Waals surface area contributed by atoms with Gasteiger partial charge in [-0.2, -0.15) is 0 Å². The van der Waals surface area contributed by atoms with Crippen molar-refractivity contribution in [2.45, 2.75) is 13.0 Å². The summed E-state index contributed by atoms with van der Waals surface area (Å²) in [5.41, 5.74) is 6.77. The molecule has 116 valence electrons. The van der Waals surface area contributed by atoms with E-state index in [9.17, 15) is 9.59 Å². The van der Waals surface area contributed by atoms with E-state index in [4.69, 9.17) is 28.9 Å². The smallest absolute Gasteiger partial charge is 0.316 e. The van der Waals surface area contributed by atoms with Gasteiger partial charge in [-0.05, 0) is 30.7 Å². The highest BCUT2D eigenvalue weighted by atomic mass is 35.5. The van der Waals surface area contributed by atoms with Gasteiger partial charge in [-0.1, -0.05) is 35.3 Å². The monoisotopic (exact) mass is 340 g/mol. The first-order valence-electron chi connectivity index (χ1n) is 6.38. The largest absolute Gasteiger partial charge is 0.351 e. The summed E-state index contributed by atoms with van der Waals surface area (Å²) in [5, 5.41) is 5.79. The molecule has 0 radical (unpaired) electrons. The van der Waals surface area contributed by atoms with E-state index in [0.29, 0.717) is 10.7 Å². The van der Waals surface area contributed by atoms with Crippen LogP contribution in [0.3, 0.4) is 0 Å². The average Bonchev–Trinajstić information content (AvgIpc) is 2.79. The van der Waals surface area contributed by atoms with E-state index in [1.54, 1.807) is 24.3 Å². The Morgan fingerprint density at radius 1 is 1.23 bits per heavy atom. The second kappa shape index (κ2) is 6.72. The Morgan fingerprint density at radius 2 is 1.86 bits per heavy atom. The second-order valence-electron chi connectivity index (χ2n) is 4.65. The minimum Gasteiger partial charge on any atom is -0.351 e. The average molecular weight is 341 g/mol. The number of hydrogen-bond acceptors (Lipinski definition) is 2. The number of benzene rings is 1. The summed E-state index contributed by atoms with van der Waals surface area (Å²) in [7, 11) is 0. The van der Waals surface area contributed by atoms with Gasteiger partial charge < -0.3 is 21.4 Å². The molecular formula is C14H14Cl2N4O2. The molecule has 6 nitrogen and oxygen atoms in total. The molecular weight excluding hydrogens is 327 g/mol. The fourth-order valence-electron chi connectivity index (χ4n) is 1.88. The van der Waals surface area contributed by atoms with Gasteiger partial charge in [-0.25, -0.2) is 4.79 Å². The van der Waals surface area contributed by atoms with Gasteiger partial charge in [-0.3, -0.25) is 4.79 Å². The fraction of sp³-hybridized carbons (Fsp3) is 0.143. The topological polar surface area (TPSA) is 100 Å². The molecule has 8 heteroatoms. The Bertz CT molecular complexity index is 678. The third-order valence-electron chi connectivity index (χ3n) is 3.00. The molecule has 3 amide bonds. The molecule has 0 aliphatic carbocycles. The van der Waals surface area contributed by atoms with Crippen LogP contribution in [-0.2, 0) is 0 Å². The number of nitrogens with two attached hydrogens (primary N) is 1. The standard InChI is InChI=1S/C14H14Cl2N4O2/c1-7(8-2-4-9(5-3-8)19-14(17)22)18-13(21)11-6-10(15)12(16)20-11/h2-7,20H,1H3,(H,18,21)(H3,17,19,22). The van der Waals surface area contributed by atoms with E-state index in [0.717, 1.165) is 5.56 Å². The highest BCUT2D eigenvalue weighted by Gasteiger charge is 2.15. The molecule has 0 aliphatic heterocycles. The molecule has 0 fully saturated rings. The van der Waals surface area contributed by atoms with E-state index < -0.39 is 6.03 Å². The summed E-state index contributed by atoms with van der Waals surface area (Å²) in [4.78, 5) is 25.5. The predicted molar refractivity (Wildman–Crippen MR) is 86.3 cm³/mol. The van der Waals surface area contributed by atoms with Crippen molar-refractivity contribution in [3.05, 3.63) is 51.8 Å². The van der Waals surface area contributed by atoms with Gasteiger partial charge in [-0.15, -0.1) is 0 Å². The van der Waals surface area contributed by atoms with E-state index >= 15 is 0 Å². The molecule has 1 unspecified atom stereocenters. The van der Waals surface area contributed by atoms with Crippen molar-refractivity contribution in [1.29, 1.82) is 0 Å². The van der Waals surface area contributed by atoms with Crippen LogP contribution >= 0.6 is 23.2 Å².